The number of rotatable bonds is 2. The third kappa shape index (κ3) is 1.07. The summed E-state index contributed by atoms with van der Waals surface area (Å²) in [4.78, 5) is 9.71. The minimum atomic E-state index is 0.547. The van der Waals surface area contributed by atoms with Gasteiger partial charge >= 0.3 is 0 Å². The van der Waals surface area contributed by atoms with E-state index >= 15 is 0 Å². The van der Waals surface area contributed by atoms with Crippen LogP contribution in [0.25, 0.3) is 0 Å². The summed E-state index contributed by atoms with van der Waals surface area (Å²) < 4.78 is 0. The van der Waals surface area contributed by atoms with E-state index in [1.54, 1.807) is 6.07 Å². The average Bonchev–Trinajstić information content (AvgIpc) is 2.19. The van der Waals surface area contributed by atoms with Crippen molar-refractivity contribution in [3.05, 3.63) is 17.5 Å². The molecule has 8 heavy (non-hydrogen) atoms. The van der Waals surface area contributed by atoms with E-state index in [-0.39, 0.29) is 0 Å². The Labute approximate surface area is 51.1 Å². The van der Waals surface area contributed by atoms with Crippen molar-refractivity contribution < 1.29 is 4.79 Å². The first-order valence-corrected chi connectivity index (χ1v) is 2.99. The lowest BCUT2D eigenvalue weighted by molar-refractivity contribution is -0.108. The van der Waals surface area contributed by atoms with Gasteiger partial charge in [-0.2, -0.15) is 0 Å². The molecule has 1 aromatic rings. The zero-order chi connectivity index (χ0) is 5.82. The van der Waals surface area contributed by atoms with Crippen LogP contribution < -0.4 is 5.32 Å². The van der Waals surface area contributed by atoms with Gasteiger partial charge in [0.1, 0.15) is 5.00 Å². The van der Waals surface area contributed by atoms with Crippen LogP contribution in [0.2, 0.25) is 0 Å². The Kier molecular flexibility index (Phi) is 1.64. The lowest BCUT2D eigenvalue weighted by atomic mass is 10.6. The zero-order valence-corrected chi connectivity index (χ0v) is 4.89. The van der Waals surface area contributed by atoms with E-state index in [2.05, 4.69) is 5.32 Å². The van der Waals surface area contributed by atoms with Crippen molar-refractivity contribution >= 4 is 22.7 Å². The van der Waals surface area contributed by atoms with Crippen LogP contribution in [0.3, 0.4) is 0 Å². The van der Waals surface area contributed by atoms with Gasteiger partial charge in [-0.3, -0.25) is 4.79 Å². The van der Waals surface area contributed by atoms with Crippen molar-refractivity contribution in [1.82, 2.24) is 5.32 Å². The van der Waals surface area contributed by atoms with Crippen molar-refractivity contribution in [2.75, 3.05) is 0 Å². The van der Waals surface area contributed by atoms with Gasteiger partial charge in [0.25, 0.3) is 0 Å². The normalized spacial score (nSPS) is 8.50. The molecule has 1 rings (SSSR count). The van der Waals surface area contributed by atoms with Gasteiger partial charge in [-0.05, 0) is 17.5 Å². The Balaban J connectivity index is 2.62. The summed E-state index contributed by atoms with van der Waals surface area (Å²) in [7, 11) is 0. The van der Waals surface area contributed by atoms with Gasteiger partial charge in [-0.1, -0.05) is 0 Å². The Morgan fingerprint density at radius 3 is 3.12 bits per heavy atom. The predicted octanol–water partition coefficient (Wildman–Crippen LogP) is 1.14. The van der Waals surface area contributed by atoms with Crippen molar-refractivity contribution in [2.45, 2.75) is 0 Å². The van der Waals surface area contributed by atoms with E-state index in [0.717, 1.165) is 5.00 Å². The van der Waals surface area contributed by atoms with Crippen LogP contribution in [-0.4, -0.2) is 6.41 Å². The lowest BCUT2D eigenvalue weighted by Gasteiger charge is -1.79. The molecule has 3 heteroatoms. The van der Waals surface area contributed by atoms with Crippen LogP contribution in [0.15, 0.2) is 17.5 Å². The highest BCUT2D eigenvalue weighted by Crippen LogP contribution is 2.13. The van der Waals surface area contributed by atoms with Gasteiger partial charge in [0.15, 0.2) is 0 Å². The fourth-order valence-corrected chi connectivity index (χ4v) is 0.953. The average molecular weight is 126 g/mol. The van der Waals surface area contributed by atoms with Gasteiger partial charge in [-0.15, -0.1) is 11.3 Å². The molecule has 0 unspecified atom stereocenters. The summed E-state index contributed by atoms with van der Waals surface area (Å²) in [6, 6.07) is 3.64. The van der Waals surface area contributed by atoms with Crippen LogP contribution in [-0.2, 0) is 4.79 Å². The second-order valence-corrected chi connectivity index (χ2v) is 2.11. The SMILES string of the molecule is O=C[N]c1cccs1. The predicted molar refractivity (Wildman–Crippen MR) is 32.2 cm³/mol. The van der Waals surface area contributed by atoms with E-state index in [9.17, 15) is 4.79 Å². The summed E-state index contributed by atoms with van der Waals surface area (Å²) in [6.07, 6.45) is 0.547. The molecule has 0 saturated carbocycles. The Morgan fingerprint density at radius 1 is 1.75 bits per heavy atom. The molecule has 0 atom stereocenters. The summed E-state index contributed by atoms with van der Waals surface area (Å²) in [6.45, 7) is 0. The molecule has 0 aliphatic rings. The van der Waals surface area contributed by atoms with E-state index in [4.69, 9.17) is 0 Å². The van der Waals surface area contributed by atoms with E-state index in [0.29, 0.717) is 6.41 Å². The Hall–Kier alpha value is -0.830. The molecule has 1 aromatic heterocycles. The quantitative estimate of drug-likeness (QED) is 0.547. The Bertz CT molecular complexity index is 159. The molecular formula is C5H4NOS. The molecule has 1 radical (unpaired) electrons. The maximum absolute atomic E-state index is 9.71. The van der Waals surface area contributed by atoms with Crippen molar-refractivity contribution in [1.29, 1.82) is 0 Å². The molecule has 1 amide bonds. The number of hydrogen-bond donors (Lipinski definition) is 0. The van der Waals surface area contributed by atoms with Crippen LogP contribution in [0, 0.1) is 0 Å². The van der Waals surface area contributed by atoms with Crippen molar-refractivity contribution in [2.24, 2.45) is 0 Å². The van der Waals surface area contributed by atoms with Crippen LogP contribution in [0.4, 0.5) is 5.00 Å². The number of nitrogens with zero attached hydrogens (tertiary/aromatic N) is 1. The van der Waals surface area contributed by atoms with Crippen LogP contribution >= 0.6 is 11.3 Å². The third-order valence-electron chi connectivity index (χ3n) is 0.686. The summed E-state index contributed by atoms with van der Waals surface area (Å²) >= 11 is 1.45. The second kappa shape index (κ2) is 2.47. The molecule has 1 heterocycles. The molecule has 2 nitrogen and oxygen atoms in total. The highest BCUT2D eigenvalue weighted by atomic mass is 32.1. The second-order valence-electron chi connectivity index (χ2n) is 1.19. The molecule has 0 N–H and O–H groups in total. The van der Waals surface area contributed by atoms with E-state index in [1.165, 1.54) is 11.3 Å². The number of carbonyl (C=O) groups excluding carboxylic acids is 1. The molecule has 0 bridgehead atoms. The molecule has 0 aliphatic heterocycles. The number of carbonyl (C=O) groups is 1. The molecule has 0 spiro atoms. The summed E-state index contributed by atoms with van der Waals surface area (Å²) in [5, 5.41) is 6.15. The van der Waals surface area contributed by atoms with Crippen molar-refractivity contribution in [3.8, 4) is 0 Å². The van der Waals surface area contributed by atoms with Gasteiger partial charge in [0.05, 0.1) is 0 Å². The van der Waals surface area contributed by atoms with Crippen LogP contribution in [0.5, 0.6) is 0 Å². The molecule has 41 valence electrons. The minimum Gasteiger partial charge on any atom is -0.276 e. The fraction of sp³-hybridized carbons (Fsp3) is 0. The van der Waals surface area contributed by atoms with Gasteiger partial charge < -0.3 is 0 Å². The molecule has 0 aliphatic carbocycles. The smallest absolute Gasteiger partial charge is 0.234 e. The first kappa shape index (κ1) is 5.31. The third-order valence-corrected chi connectivity index (χ3v) is 1.46. The lowest BCUT2D eigenvalue weighted by Crippen LogP contribution is -1.86. The highest BCUT2D eigenvalue weighted by Gasteiger charge is 1.87. The van der Waals surface area contributed by atoms with Crippen molar-refractivity contribution in [3.63, 3.8) is 0 Å². The summed E-state index contributed by atoms with van der Waals surface area (Å²) in [5.74, 6) is 0. The maximum Gasteiger partial charge on any atom is 0.234 e. The number of thiophene rings is 1. The highest BCUT2D eigenvalue weighted by molar-refractivity contribution is 7.13. The molecular weight excluding hydrogens is 122 g/mol. The number of amides is 1. The number of hydrogen-bond acceptors (Lipinski definition) is 2. The standard InChI is InChI=1S/C5H4NOS/c7-4-6-5-2-1-3-8-5/h1-4H. The summed E-state index contributed by atoms with van der Waals surface area (Å²) in [5.41, 5.74) is 0. The van der Waals surface area contributed by atoms with Gasteiger partial charge in [0.2, 0.25) is 6.41 Å². The fourth-order valence-electron chi connectivity index (χ4n) is 0.395. The largest absolute Gasteiger partial charge is 0.276 e. The molecule has 0 saturated heterocycles. The van der Waals surface area contributed by atoms with E-state index in [1.807, 2.05) is 11.4 Å². The molecule has 0 aromatic carbocycles. The Morgan fingerprint density at radius 2 is 2.62 bits per heavy atom. The van der Waals surface area contributed by atoms with Gasteiger partial charge in [0, 0.05) is 0 Å². The van der Waals surface area contributed by atoms with Gasteiger partial charge in [-0.25, -0.2) is 5.32 Å². The van der Waals surface area contributed by atoms with Crippen LogP contribution in [0.1, 0.15) is 0 Å². The first-order valence-electron chi connectivity index (χ1n) is 2.11. The van der Waals surface area contributed by atoms with E-state index < -0.39 is 0 Å². The first-order chi connectivity index (χ1) is 3.93. The monoisotopic (exact) mass is 126 g/mol. The maximum atomic E-state index is 9.71. The minimum absolute atomic E-state index is 0.547. The topological polar surface area (TPSA) is 31.2 Å². The molecule has 0 fully saturated rings. The zero-order valence-electron chi connectivity index (χ0n) is 4.07.